The average molecular weight is 218 g/mol. The molecule has 1 aliphatic carbocycles. The molecule has 15 heavy (non-hydrogen) atoms. The van der Waals surface area contributed by atoms with Gasteiger partial charge in [-0.3, -0.25) is 4.79 Å². The van der Waals surface area contributed by atoms with Gasteiger partial charge in [0.1, 0.15) is 0 Å². The standard InChI is InChI=1S/C8H16N3O4/c1-7(12)14-6-15-10-11(13)9-8-4-2-3-5-8/h8H,2-6H2,1H3,(H2,9,10,13)/q+1. The van der Waals surface area contributed by atoms with Gasteiger partial charge < -0.3 is 4.74 Å². The summed E-state index contributed by atoms with van der Waals surface area (Å²) >= 11 is 0. The van der Waals surface area contributed by atoms with Gasteiger partial charge in [0.2, 0.25) is 6.79 Å². The molecule has 0 spiro atoms. The quantitative estimate of drug-likeness (QED) is 0.217. The van der Waals surface area contributed by atoms with Gasteiger partial charge in [-0.25, -0.2) is 0 Å². The highest BCUT2D eigenvalue weighted by atomic mass is 16.8. The zero-order valence-corrected chi connectivity index (χ0v) is 8.69. The molecule has 0 aromatic heterocycles. The van der Waals surface area contributed by atoms with Gasteiger partial charge in [-0.15, -0.1) is 5.43 Å². The number of carbonyl (C=O) groups excluding carboxylic acids is 1. The molecule has 0 aromatic rings. The predicted molar refractivity (Wildman–Crippen MR) is 49.9 cm³/mol. The molecule has 0 amide bonds. The molecular weight excluding hydrogens is 202 g/mol. The largest absolute Gasteiger partial charge is 0.436 e. The monoisotopic (exact) mass is 218 g/mol. The summed E-state index contributed by atoms with van der Waals surface area (Å²) in [6.45, 7) is 0.968. The van der Waals surface area contributed by atoms with Crippen molar-refractivity contribution in [3.05, 3.63) is 4.91 Å². The number of carbonyl (C=O) groups is 1. The summed E-state index contributed by atoms with van der Waals surface area (Å²) < 4.78 is 4.45. The Hall–Kier alpha value is -1.37. The van der Waals surface area contributed by atoms with E-state index in [1.165, 1.54) is 6.92 Å². The van der Waals surface area contributed by atoms with E-state index in [0.717, 1.165) is 25.7 Å². The van der Waals surface area contributed by atoms with Crippen LogP contribution in [0.1, 0.15) is 32.6 Å². The van der Waals surface area contributed by atoms with Crippen molar-refractivity contribution in [1.82, 2.24) is 11.0 Å². The van der Waals surface area contributed by atoms with E-state index in [4.69, 9.17) is 0 Å². The molecule has 1 aliphatic rings. The highest BCUT2D eigenvalue weighted by Crippen LogP contribution is 2.16. The first-order chi connectivity index (χ1) is 7.18. The van der Waals surface area contributed by atoms with Crippen LogP contribution in [-0.2, 0) is 14.4 Å². The zero-order chi connectivity index (χ0) is 11.1. The minimum absolute atomic E-state index is 0.201. The van der Waals surface area contributed by atoms with E-state index in [0.29, 0.717) is 4.98 Å². The lowest BCUT2D eigenvalue weighted by Crippen LogP contribution is -2.43. The summed E-state index contributed by atoms with van der Waals surface area (Å²) in [5.41, 5.74) is 4.72. The fraction of sp³-hybridized carbons (Fsp3) is 0.875. The van der Waals surface area contributed by atoms with Crippen LogP contribution in [0.5, 0.6) is 0 Å². The fourth-order valence-electron chi connectivity index (χ4n) is 1.44. The Labute approximate surface area is 87.6 Å². The maximum atomic E-state index is 11.1. The normalized spacial score (nSPS) is 16.1. The van der Waals surface area contributed by atoms with Gasteiger partial charge in [0, 0.05) is 12.5 Å². The van der Waals surface area contributed by atoms with Crippen LogP contribution >= 0.6 is 0 Å². The number of ether oxygens (including phenoxy) is 1. The SMILES string of the molecule is CC(=O)OCON[N+](=O)NC1CCCC1. The van der Waals surface area contributed by atoms with E-state index < -0.39 is 5.97 Å². The second kappa shape index (κ2) is 6.18. The molecule has 0 atom stereocenters. The number of hydrogen-bond acceptors (Lipinski definition) is 4. The fourth-order valence-corrected chi connectivity index (χ4v) is 1.44. The molecule has 7 heteroatoms. The first-order valence-electron chi connectivity index (χ1n) is 4.92. The molecule has 0 saturated heterocycles. The van der Waals surface area contributed by atoms with E-state index in [2.05, 4.69) is 20.6 Å². The van der Waals surface area contributed by atoms with Crippen LogP contribution in [0, 0.1) is 4.91 Å². The van der Waals surface area contributed by atoms with Gasteiger partial charge in [-0.1, -0.05) is 12.8 Å². The van der Waals surface area contributed by atoms with Crippen molar-refractivity contribution in [1.29, 1.82) is 0 Å². The smallest absolute Gasteiger partial charge is 0.304 e. The second-order valence-corrected chi connectivity index (χ2v) is 3.39. The summed E-state index contributed by atoms with van der Waals surface area (Å²) in [5.74, 6) is -0.460. The van der Waals surface area contributed by atoms with E-state index in [1.807, 2.05) is 0 Å². The van der Waals surface area contributed by atoms with Crippen molar-refractivity contribution in [2.24, 2.45) is 0 Å². The molecule has 0 unspecified atom stereocenters. The van der Waals surface area contributed by atoms with Crippen LogP contribution in [0.4, 0.5) is 0 Å². The Morgan fingerprint density at radius 2 is 2.13 bits per heavy atom. The molecule has 1 rings (SSSR count). The lowest BCUT2D eigenvalue weighted by Gasteiger charge is -2.04. The summed E-state index contributed by atoms with van der Waals surface area (Å²) in [5, 5.41) is 0. The molecule has 0 heterocycles. The van der Waals surface area contributed by atoms with Crippen molar-refractivity contribution in [3.63, 3.8) is 0 Å². The Morgan fingerprint density at radius 1 is 1.47 bits per heavy atom. The zero-order valence-electron chi connectivity index (χ0n) is 8.69. The van der Waals surface area contributed by atoms with Crippen molar-refractivity contribution in [2.45, 2.75) is 38.6 Å². The molecular formula is C8H16N3O4+. The van der Waals surface area contributed by atoms with Crippen molar-refractivity contribution >= 4 is 5.97 Å². The molecule has 0 aliphatic heterocycles. The molecule has 2 N–H and O–H groups in total. The first kappa shape index (κ1) is 11.7. The second-order valence-electron chi connectivity index (χ2n) is 3.39. The Balaban J connectivity index is 2.00. The van der Waals surface area contributed by atoms with Gasteiger partial charge in [0.05, 0.1) is 10.9 Å². The summed E-state index contributed by atoms with van der Waals surface area (Å²) in [7, 11) is 0. The van der Waals surface area contributed by atoms with Crippen molar-refractivity contribution < 1.29 is 19.3 Å². The molecule has 1 saturated carbocycles. The number of rotatable bonds is 6. The predicted octanol–water partition coefficient (Wildman–Crippen LogP) is 0.169. The van der Waals surface area contributed by atoms with Gasteiger partial charge in [-0.2, -0.15) is 4.84 Å². The summed E-state index contributed by atoms with van der Waals surface area (Å²) in [6, 6.07) is 0.201. The van der Waals surface area contributed by atoms with Gasteiger partial charge in [0.15, 0.2) is 0 Å². The van der Waals surface area contributed by atoms with Crippen LogP contribution in [0.2, 0.25) is 0 Å². The van der Waals surface area contributed by atoms with Crippen molar-refractivity contribution in [3.8, 4) is 0 Å². The minimum Gasteiger partial charge on any atom is -0.436 e. The number of nitrogens with zero attached hydrogens (tertiary/aromatic N) is 1. The maximum absolute atomic E-state index is 11.1. The molecule has 7 nitrogen and oxygen atoms in total. The van der Waals surface area contributed by atoms with Gasteiger partial charge in [0.25, 0.3) is 4.98 Å². The Bertz CT molecular complexity index is 228. The van der Waals surface area contributed by atoms with E-state index in [-0.39, 0.29) is 12.8 Å². The van der Waals surface area contributed by atoms with Crippen LogP contribution < -0.4 is 11.0 Å². The van der Waals surface area contributed by atoms with E-state index in [1.54, 1.807) is 0 Å². The first-order valence-corrected chi connectivity index (χ1v) is 4.92. The average Bonchev–Trinajstić information content (AvgIpc) is 2.64. The molecule has 0 aromatic carbocycles. The lowest BCUT2D eigenvalue weighted by molar-refractivity contribution is -0.713. The number of nitroso groups, excluding NO2 is 1. The van der Waals surface area contributed by atoms with Crippen LogP contribution in [0.3, 0.4) is 0 Å². The number of esters is 1. The van der Waals surface area contributed by atoms with Crippen LogP contribution in [0.25, 0.3) is 0 Å². The number of nitrogens with one attached hydrogen (secondary N) is 2. The molecule has 0 radical (unpaired) electrons. The molecule has 1 fully saturated rings. The van der Waals surface area contributed by atoms with Crippen molar-refractivity contribution in [2.75, 3.05) is 6.79 Å². The molecule has 86 valence electrons. The Kier molecular flexibility index (Phi) is 4.82. The number of hydrazine groups is 2. The minimum atomic E-state index is -0.460. The third-order valence-electron chi connectivity index (χ3n) is 2.12. The highest BCUT2D eigenvalue weighted by molar-refractivity contribution is 5.65. The Morgan fingerprint density at radius 3 is 2.73 bits per heavy atom. The van der Waals surface area contributed by atoms with Gasteiger partial charge in [-0.05, 0) is 12.8 Å². The third-order valence-corrected chi connectivity index (χ3v) is 2.12. The van der Waals surface area contributed by atoms with Crippen LogP contribution in [0.15, 0.2) is 0 Å². The highest BCUT2D eigenvalue weighted by Gasteiger charge is 2.21. The van der Waals surface area contributed by atoms with Gasteiger partial charge >= 0.3 is 5.97 Å². The lowest BCUT2D eigenvalue weighted by atomic mass is 10.3. The van der Waals surface area contributed by atoms with Crippen LogP contribution in [-0.4, -0.2) is 23.8 Å². The number of hydrogen-bond donors (Lipinski definition) is 2. The van der Waals surface area contributed by atoms with E-state index in [9.17, 15) is 9.70 Å². The molecule has 0 bridgehead atoms. The third kappa shape index (κ3) is 5.16. The topological polar surface area (TPSA) is 79.7 Å². The van der Waals surface area contributed by atoms with E-state index >= 15 is 0 Å². The summed E-state index contributed by atoms with van der Waals surface area (Å²) in [4.78, 5) is 26.4. The maximum Gasteiger partial charge on any atom is 0.304 e. The summed E-state index contributed by atoms with van der Waals surface area (Å²) in [6.07, 6.45) is 4.26.